The maximum atomic E-state index is 5.31. The number of hydrogen-bond donors (Lipinski definition) is 1. The minimum Gasteiger partial charge on any atom is -0.385 e. The van der Waals surface area contributed by atoms with E-state index in [1.165, 1.54) is 51.5 Å². The molecule has 3 rings (SSSR count). The first-order chi connectivity index (χ1) is 8.74. The van der Waals surface area contributed by atoms with Crippen LogP contribution in [0.15, 0.2) is 0 Å². The molecule has 0 heterocycles. The van der Waals surface area contributed by atoms with Gasteiger partial charge in [0.1, 0.15) is 0 Å². The minimum atomic E-state index is 0.601. The molecule has 2 bridgehead atoms. The fourth-order valence-corrected chi connectivity index (χ4v) is 4.68. The van der Waals surface area contributed by atoms with E-state index in [9.17, 15) is 0 Å². The number of methoxy groups -OCH3 is 1. The van der Waals surface area contributed by atoms with Gasteiger partial charge >= 0.3 is 0 Å². The molecule has 0 aromatic heterocycles. The van der Waals surface area contributed by atoms with Crippen LogP contribution < -0.4 is 5.32 Å². The van der Waals surface area contributed by atoms with E-state index in [-0.39, 0.29) is 0 Å². The van der Waals surface area contributed by atoms with Crippen LogP contribution in [0.5, 0.6) is 0 Å². The number of ether oxygens (including phenoxy) is 1. The van der Waals surface area contributed by atoms with Crippen molar-refractivity contribution in [3.8, 4) is 0 Å². The van der Waals surface area contributed by atoms with Gasteiger partial charge in [-0.25, -0.2) is 0 Å². The predicted octanol–water partition coefficient (Wildman–Crippen LogP) is 3.22. The van der Waals surface area contributed by atoms with Crippen molar-refractivity contribution in [2.45, 2.75) is 57.9 Å². The molecule has 2 nitrogen and oxygen atoms in total. The molecule has 0 amide bonds. The van der Waals surface area contributed by atoms with Gasteiger partial charge < -0.3 is 10.1 Å². The van der Waals surface area contributed by atoms with Crippen LogP contribution in [0.1, 0.15) is 51.9 Å². The average Bonchev–Trinajstić information content (AvgIpc) is 3.00. The van der Waals surface area contributed by atoms with Gasteiger partial charge in [0.05, 0.1) is 0 Å². The Bertz CT molecular complexity index is 289. The summed E-state index contributed by atoms with van der Waals surface area (Å²) < 4.78 is 5.31. The quantitative estimate of drug-likeness (QED) is 0.750. The topological polar surface area (TPSA) is 21.3 Å². The van der Waals surface area contributed by atoms with Crippen molar-refractivity contribution >= 4 is 0 Å². The van der Waals surface area contributed by atoms with Crippen molar-refractivity contribution in [1.82, 2.24) is 5.32 Å². The monoisotopic (exact) mass is 251 g/mol. The summed E-state index contributed by atoms with van der Waals surface area (Å²) in [4.78, 5) is 0. The summed E-state index contributed by atoms with van der Waals surface area (Å²) in [6, 6.07) is 0.857. The van der Waals surface area contributed by atoms with Gasteiger partial charge in [0.15, 0.2) is 0 Å². The number of hydrogen-bond acceptors (Lipinski definition) is 2. The molecule has 3 saturated carbocycles. The third-order valence-electron chi connectivity index (χ3n) is 6.06. The van der Waals surface area contributed by atoms with Crippen molar-refractivity contribution in [3.05, 3.63) is 0 Å². The molecule has 3 aliphatic rings. The van der Waals surface area contributed by atoms with Gasteiger partial charge in [-0.2, -0.15) is 0 Å². The van der Waals surface area contributed by atoms with Gasteiger partial charge in [0, 0.05) is 26.3 Å². The zero-order valence-corrected chi connectivity index (χ0v) is 12.1. The normalized spacial score (nSPS) is 40.3. The summed E-state index contributed by atoms with van der Waals surface area (Å²) in [6.07, 6.45) is 10.1. The Morgan fingerprint density at radius 3 is 2.67 bits per heavy atom. The van der Waals surface area contributed by atoms with E-state index < -0.39 is 0 Å². The summed E-state index contributed by atoms with van der Waals surface area (Å²) in [7, 11) is 1.84. The van der Waals surface area contributed by atoms with E-state index in [1.54, 1.807) is 0 Å². The summed E-state index contributed by atoms with van der Waals surface area (Å²) in [5.41, 5.74) is 0.601. The van der Waals surface area contributed by atoms with E-state index in [0.717, 1.165) is 30.4 Å². The lowest BCUT2D eigenvalue weighted by Crippen LogP contribution is -2.44. The van der Waals surface area contributed by atoms with Gasteiger partial charge in [0.2, 0.25) is 0 Å². The second-order valence-electron chi connectivity index (χ2n) is 7.15. The van der Waals surface area contributed by atoms with E-state index in [0.29, 0.717) is 5.41 Å². The molecule has 0 aromatic rings. The average molecular weight is 251 g/mol. The highest BCUT2D eigenvalue weighted by atomic mass is 16.5. The fraction of sp³-hybridized carbons (Fsp3) is 1.00. The van der Waals surface area contributed by atoms with Crippen molar-refractivity contribution < 1.29 is 4.74 Å². The van der Waals surface area contributed by atoms with Gasteiger partial charge in [-0.05, 0) is 61.7 Å². The van der Waals surface area contributed by atoms with Crippen LogP contribution >= 0.6 is 0 Å². The van der Waals surface area contributed by atoms with Gasteiger partial charge in [0.25, 0.3) is 0 Å². The minimum absolute atomic E-state index is 0.601. The second kappa shape index (κ2) is 5.13. The molecular formula is C16H29NO. The van der Waals surface area contributed by atoms with Gasteiger partial charge in [-0.3, -0.25) is 0 Å². The standard InChI is InChI=1S/C16H29NO/c1-12(7-8-18-2)16(11-17-15-5-6-15)10-13-3-4-14(16)9-13/h12-15,17H,3-11H2,1-2H3. The number of nitrogens with one attached hydrogen (secondary N) is 1. The molecule has 3 aliphatic carbocycles. The lowest BCUT2D eigenvalue weighted by Gasteiger charge is -2.43. The smallest absolute Gasteiger partial charge is 0.0465 e. The lowest BCUT2D eigenvalue weighted by atomic mass is 9.64. The molecule has 0 saturated heterocycles. The molecular weight excluding hydrogens is 222 g/mol. The molecule has 18 heavy (non-hydrogen) atoms. The summed E-state index contributed by atoms with van der Waals surface area (Å²) in [6.45, 7) is 4.70. The van der Waals surface area contributed by atoms with Crippen LogP contribution in [0.3, 0.4) is 0 Å². The van der Waals surface area contributed by atoms with Crippen LogP contribution in [-0.4, -0.2) is 26.3 Å². The van der Waals surface area contributed by atoms with E-state index in [2.05, 4.69) is 12.2 Å². The largest absolute Gasteiger partial charge is 0.385 e. The van der Waals surface area contributed by atoms with Gasteiger partial charge in [-0.15, -0.1) is 0 Å². The third kappa shape index (κ3) is 2.34. The highest BCUT2D eigenvalue weighted by Crippen LogP contribution is 2.59. The van der Waals surface area contributed by atoms with Crippen molar-refractivity contribution in [3.63, 3.8) is 0 Å². The van der Waals surface area contributed by atoms with E-state index >= 15 is 0 Å². The molecule has 0 aromatic carbocycles. The van der Waals surface area contributed by atoms with Crippen LogP contribution in [0.25, 0.3) is 0 Å². The number of rotatable bonds is 7. The van der Waals surface area contributed by atoms with Crippen LogP contribution in [-0.2, 0) is 4.74 Å². The first-order valence-corrected chi connectivity index (χ1v) is 7.97. The SMILES string of the molecule is COCCC(C)C1(CNC2CC2)CC2CCC1C2. The Labute approximate surface area is 112 Å². The van der Waals surface area contributed by atoms with E-state index in [4.69, 9.17) is 4.74 Å². The first-order valence-electron chi connectivity index (χ1n) is 7.97. The maximum Gasteiger partial charge on any atom is 0.0465 e. The van der Waals surface area contributed by atoms with Crippen molar-refractivity contribution in [1.29, 1.82) is 0 Å². The Hall–Kier alpha value is -0.0800. The van der Waals surface area contributed by atoms with Crippen molar-refractivity contribution in [2.75, 3.05) is 20.3 Å². The Morgan fingerprint density at radius 2 is 2.11 bits per heavy atom. The molecule has 0 spiro atoms. The van der Waals surface area contributed by atoms with Crippen LogP contribution in [0.4, 0.5) is 0 Å². The molecule has 1 N–H and O–H groups in total. The summed E-state index contributed by atoms with van der Waals surface area (Å²) in [5.74, 6) is 2.86. The fourth-order valence-electron chi connectivity index (χ4n) is 4.68. The summed E-state index contributed by atoms with van der Waals surface area (Å²) in [5, 5.41) is 3.84. The third-order valence-corrected chi connectivity index (χ3v) is 6.06. The molecule has 4 atom stereocenters. The van der Waals surface area contributed by atoms with E-state index in [1.807, 2.05) is 7.11 Å². The molecule has 0 aliphatic heterocycles. The Morgan fingerprint density at radius 1 is 1.28 bits per heavy atom. The molecule has 0 radical (unpaired) electrons. The highest BCUT2D eigenvalue weighted by molar-refractivity contribution is 5.04. The zero-order chi connectivity index (χ0) is 12.6. The summed E-state index contributed by atoms with van der Waals surface area (Å²) >= 11 is 0. The molecule has 104 valence electrons. The molecule has 2 heteroatoms. The van der Waals surface area contributed by atoms with Gasteiger partial charge in [-0.1, -0.05) is 13.3 Å². The highest BCUT2D eigenvalue weighted by Gasteiger charge is 2.53. The van der Waals surface area contributed by atoms with Crippen LogP contribution in [0, 0.1) is 23.2 Å². The zero-order valence-electron chi connectivity index (χ0n) is 12.1. The lowest BCUT2D eigenvalue weighted by molar-refractivity contribution is 0.0569. The maximum absolute atomic E-state index is 5.31. The second-order valence-corrected chi connectivity index (χ2v) is 7.15. The first kappa shape index (κ1) is 12.9. The Balaban J connectivity index is 1.66. The number of fused-ring (bicyclic) bond motifs is 2. The van der Waals surface area contributed by atoms with Crippen molar-refractivity contribution in [2.24, 2.45) is 23.2 Å². The Kier molecular flexibility index (Phi) is 3.68. The molecule has 4 unspecified atom stereocenters. The van der Waals surface area contributed by atoms with Crippen LogP contribution in [0.2, 0.25) is 0 Å². The molecule has 3 fully saturated rings. The predicted molar refractivity (Wildman–Crippen MR) is 74.6 cm³/mol.